The number of nitrogens with one attached hydrogen (secondary N) is 1. The fraction of sp³-hybridized carbons (Fsp3) is 0.286. The molecule has 5 nitrogen and oxygen atoms in total. The summed E-state index contributed by atoms with van der Waals surface area (Å²) in [5.74, 6) is 1.10. The number of carbonyl (C=O) groups is 1. The molecule has 0 spiro atoms. The summed E-state index contributed by atoms with van der Waals surface area (Å²) in [5.41, 5.74) is 2.10. The molecule has 2 aromatic rings. The molecule has 2 rings (SSSR count). The second kappa shape index (κ2) is 10.3. The lowest BCUT2D eigenvalue weighted by atomic mass is 10.2. The fourth-order valence-corrected chi connectivity index (χ4v) is 2.16. The maximum atomic E-state index is 12.5. The minimum Gasteiger partial charge on any atom is -0.491 e. The van der Waals surface area contributed by atoms with Gasteiger partial charge in [-0.25, -0.2) is 0 Å². The molecule has 0 bridgehead atoms. The third-order valence-electron chi connectivity index (χ3n) is 3.37. The second-order valence-electron chi connectivity index (χ2n) is 5.80. The molecular formula is C21H25NO4. The Bertz CT molecular complexity index is 742. The Morgan fingerprint density at radius 1 is 1.04 bits per heavy atom. The number of rotatable bonds is 10. The molecule has 1 N–H and O–H groups in total. The SMILES string of the molecule is C=C(C)COc1cccc(C(=O)Nc2cccc(OCCOCC)c2)c1. The normalized spacial score (nSPS) is 10.2. The van der Waals surface area contributed by atoms with Gasteiger partial charge in [0.25, 0.3) is 5.91 Å². The number of benzene rings is 2. The number of amides is 1. The summed E-state index contributed by atoms with van der Waals surface area (Å²) in [4.78, 5) is 12.5. The summed E-state index contributed by atoms with van der Waals surface area (Å²) in [5, 5.41) is 2.87. The van der Waals surface area contributed by atoms with Gasteiger partial charge in [-0.05, 0) is 49.8 Å². The Morgan fingerprint density at radius 2 is 1.77 bits per heavy atom. The molecule has 0 aliphatic carbocycles. The maximum Gasteiger partial charge on any atom is 0.255 e. The van der Waals surface area contributed by atoms with Crippen molar-refractivity contribution in [1.82, 2.24) is 0 Å². The Balaban J connectivity index is 1.96. The van der Waals surface area contributed by atoms with Crippen LogP contribution >= 0.6 is 0 Å². The highest BCUT2D eigenvalue weighted by atomic mass is 16.5. The molecule has 1 amide bonds. The van der Waals surface area contributed by atoms with Crippen LogP contribution in [0, 0.1) is 0 Å². The summed E-state index contributed by atoms with van der Waals surface area (Å²) >= 11 is 0. The maximum absolute atomic E-state index is 12.5. The van der Waals surface area contributed by atoms with Crippen LogP contribution in [0.15, 0.2) is 60.7 Å². The number of hydrogen-bond donors (Lipinski definition) is 1. The van der Waals surface area contributed by atoms with Gasteiger partial charge in [0.1, 0.15) is 24.7 Å². The molecule has 0 unspecified atom stereocenters. The average molecular weight is 355 g/mol. The van der Waals surface area contributed by atoms with Gasteiger partial charge in [0.2, 0.25) is 0 Å². The molecular weight excluding hydrogens is 330 g/mol. The largest absolute Gasteiger partial charge is 0.491 e. The topological polar surface area (TPSA) is 56.8 Å². The molecule has 0 aliphatic rings. The van der Waals surface area contributed by atoms with Gasteiger partial charge in [-0.1, -0.05) is 18.7 Å². The van der Waals surface area contributed by atoms with E-state index >= 15 is 0 Å². The Hall–Kier alpha value is -2.79. The second-order valence-corrected chi connectivity index (χ2v) is 5.80. The highest BCUT2D eigenvalue weighted by molar-refractivity contribution is 6.04. The van der Waals surface area contributed by atoms with E-state index in [-0.39, 0.29) is 5.91 Å². The van der Waals surface area contributed by atoms with Crippen molar-refractivity contribution in [2.75, 3.05) is 31.7 Å². The Labute approximate surface area is 154 Å². The van der Waals surface area contributed by atoms with Crippen LogP contribution in [0.1, 0.15) is 24.2 Å². The molecule has 2 aromatic carbocycles. The van der Waals surface area contributed by atoms with Crippen molar-refractivity contribution in [3.05, 3.63) is 66.2 Å². The van der Waals surface area contributed by atoms with Crippen molar-refractivity contribution in [1.29, 1.82) is 0 Å². The predicted octanol–water partition coefficient (Wildman–Crippen LogP) is 4.31. The van der Waals surface area contributed by atoms with Crippen molar-refractivity contribution < 1.29 is 19.0 Å². The molecule has 0 saturated heterocycles. The molecule has 0 aromatic heterocycles. The van der Waals surface area contributed by atoms with Crippen LogP contribution in [0.2, 0.25) is 0 Å². The van der Waals surface area contributed by atoms with Gasteiger partial charge in [-0.3, -0.25) is 4.79 Å². The number of hydrogen-bond acceptors (Lipinski definition) is 4. The van der Waals surface area contributed by atoms with Crippen LogP contribution in [0.4, 0.5) is 5.69 Å². The molecule has 5 heteroatoms. The van der Waals surface area contributed by atoms with Crippen molar-refractivity contribution in [3.63, 3.8) is 0 Å². The lowest BCUT2D eigenvalue weighted by molar-refractivity contribution is 0.102. The summed E-state index contributed by atoms with van der Waals surface area (Å²) in [6.45, 7) is 9.71. The zero-order chi connectivity index (χ0) is 18.8. The molecule has 138 valence electrons. The monoisotopic (exact) mass is 355 g/mol. The lowest BCUT2D eigenvalue weighted by Crippen LogP contribution is -2.12. The summed E-state index contributed by atoms with van der Waals surface area (Å²) in [6.07, 6.45) is 0. The number of ether oxygens (including phenoxy) is 3. The van der Waals surface area contributed by atoms with Crippen LogP contribution in [-0.4, -0.2) is 32.3 Å². The Morgan fingerprint density at radius 3 is 2.50 bits per heavy atom. The van der Waals surface area contributed by atoms with Gasteiger partial charge in [0.05, 0.1) is 6.61 Å². The minimum atomic E-state index is -0.211. The number of carbonyl (C=O) groups excluding carboxylic acids is 1. The zero-order valence-electron chi connectivity index (χ0n) is 15.3. The standard InChI is InChI=1S/C21H25NO4/c1-4-24-11-12-25-20-10-6-8-18(14-20)22-21(23)17-7-5-9-19(13-17)26-15-16(2)3/h5-10,13-14H,2,4,11-12,15H2,1,3H3,(H,22,23). The quantitative estimate of drug-likeness (QED) is 0.510. The summed E-state index contributed by atoms with van der Waals surface area (Å²) in [6, 6.07) is 14.3. The van der Waals surface area contributed by atoms with Gasteiger partial charge >= 0.3 is 0 Å². The lowest BCUT2D eigenvalue weighted by Gasteiger charge is -2.10. The van der Waals surface area contributed by atoms with Gasteiger partial charge in [-0.2, -0.15) is 0 Å². The molecule has 26 heavy (non-hydrogen) atoms. The first-order valence-corrected chi connectivity index (χ1v) is 8.57. The van der Waals surface area contributed by atoms with Crippen LogP contribution < -0.4 is 14.8 Å². The van der Waals surface area contributed by atoms with Crippen molar-refractivity contribution >= 4 is 11.6 Å². The average Bonchev–Trinajstić information content (AvgIpc) is 2.64. The molecule has 0 heterocycles. The van der Waals surface area contributed by atoms with Crippen molar-refractivity contribution in [2.24, 2.45) is 0 Å². The van der Waals surface area contributed by atoms with E-state index in [9.17, 15) is 4.79 Å². The first kappa shape index (κ1) is 19.5. The highest BCUT2D eigenvalue weighted by Crippen LogP contribution is 2.19. The van der Waals surface area contributed by atoms with Crippen molar-refractivity contribution in [3.8, 4) is 11.5 Å². The molecule has 0 fully saturated rings. The Kier molecular flexibility index (Phi) is 7.71. The van der Waals surface area contributed by atoms with E-state index in [0.29, 0.717) is 49.2 Å². The van der Waals surface area contributed by atoms with Gasteiger partial charge in [-0.15, -0.1) is 0 Å². The van der Waals surface area contributed by atoms with E-state index in [0.717, 1.165) is 5.57 Å². The molecule has 0 radical (unpaired) electrons. The first-order chi connectivity index (χ1) is 12.6. The van der Waals surface area contributed by atoms with Gasteiger partial charge < -0.3 is 19.5 Å². The van der Waals surface area contributed by atoms with Gasteiger partial charge in [0, 0.05) is 23.9 Å². The number of anilines is 1. The highest BCUT2D eigenvalue weighted by Gasteiger charge is 2.08. The molecule has 0 saturated carbocycles. The van der Waals surface area contributed by atoms with Crippen LogP contribution in [0.5, 0.6) is 11.5 Å². The third kappa shape index (κ3) is 6.61. The molecule has 0 atom stereocenters. The van der Waals surface area contributed by atoms with E-state index in [1.54, 1.807) is 24.3 Å². The third-order valence-corrected chi connectivity index (χ3v) is 3.37. The first-order valence-electron chi connectivity index (χ1n) is 8.57. The van der Waals surface area contributed by atoms with Crippen LogP contribution in [0.25, 0.3) is 0 Å². The van der Waals surface area contributed by atoms with E-state index in [4.69, 9.17) is 14.2 Å². The predicted molar refractivity (Wildman–Crippen MR) is 103 cm³/mol. The van der Waals surface area contributed by atoms with E-state index < -0.39 is 0 Å². The zero-order valence-corrected chi connectivity index (χ0v) is 15.3. The van der Waals surface area contributed by atoms with Crippen LogP contribution in [0.3, 0.4) is 0 Å². The van der Waals surface area contributed by atoms with Gasteiger partial charge in [0.15, 0.2) is 0 Å². The van der Waals surface area contributed by atoms with E-state index in [1.807, 2.05) is 38.1 Å². The van der Waals surface area contributed by atoms with E-state index in [1.165, 1.54) is 0 Å². The minimum absolute atomic E-state index is 0.211. The summed E-state index contributed by atoms with van der Waals surface area (Å²) < 4.78 is 16.4. The van der Waals surface area contributed by atoms with E-state index in [2.05, 4.69) is 11.9 Å². The fourth-order valence-electron chi connectivity index (χ4n) is 2.16. The molecule has 0 aliphatic heterocycles. The summed E-state index contributed by atoms with van der Waals surface area (Å²) in [7, 11) is 0. The van der Waals surface area contributed by atoms with Crippen molar-refractivity contribution in [2.45, 2.75) is 13.8 Å². The smallest absolute Gasteiger partial charge is 0.255 e. The van der Waals surface area contributed by atoms with Crippen LogP contribution in [-0.2, 0) is 4.74 Å².